The number of aromatic carboxylic acids is 1. The molecule has 2 rings (SSSR count). The Hall–Kier alpha value is -3.30. The van der Waals surface area contributed by atoms with Crippen LogP contribution in [0.4, 0.5) is 11.7 Å². The van der Waals surface area contributed by atoms with Crippen molar-refractivity contribution in [3.05, 3.63) is 46.1 Å². The van der Waals surface area contributed by atoms with Gasteiger partial charge in [0.05, 0.1) is 6.07 Å². The zero-order valence-electron chi connectivity index (χ0n) is 9.64. The van der Waals surface area contributed by atoms with Crippen LogP contribution in [0.1, 0.15) is 21.0 Å². The number of carbonyl (C=O) groups is 2. The van der Waals surface area contributed by atoms with Crippen LogP contribution in [0.25, 0.3) is 0 Å². The lowest BCUT2D eigenvalue weighted by atomic mass is 10.3. The van der Waals surface area contributed by atoms with Gasteiger partial charge in [0, 0.05) is 12.4 Å². The summed E-state index contributed by atoms with van der Waals surface area (Å²) in [6.45, 7) is 0. The summed E-state index contributed by atoms with van der Waals surface area (Å²) in [6.07, 6.45) is 2.34. The first kappa shape index (κ1) is 13.1. The van der Waals surface area contributed by atoms with Gasteiger partial charge in [0.15, 0.2) is 17.3 Å². The van der Waals surface area contributed by atoms with E-state index in [1.807, 2.05) is 0 Å². The van der Waals surface area contributed by atoms with Crippen molar-refractivity contribution < 1.29 is 24.0 Å². The average molecular weight is 278 g/mol. The zero-order chi connectivity index (χ0) is 14.7. The van der Waals surface area contributed by atoms with Crippen LogP contribution in [0.5, 0.6) is 0 Å². The molecule has 0 atom stereocenters. The highest BCUT2D eigenvalue weighted by Crippen LogP contribution is 2.17. The number of nitrogens with one attached hydrogen (secondary N) is 1. The van der Waals surface area contributed by atoms with E-state index in [0.717, 1.165) is 18.3 Å². The number of rotatable bonds is 4. The number of nitrogens with zero attached hydrogens (tertiary/aromatic N) is 3. The molecule has 0 aromatic carbocycles. The first-order valence-corrected chi connectivity index (χ1v) is 5.09. The molecule has 2 N–H and O–H groups in total. The third-order valence-electron chi connectivity index (χ3n) is 2.13. The second-order valence-electron chi connectivity index (χ2n) is 3.41. The van der Waals surface area contributed by atoms with E-state index in [1.165, 1.54) is 6.20 Å². The van der Waals surface area contributed by atoms with Crippen molar-refractivity contribution in [2.75, 3.05) is 5.32 Å². The van der Waals surface area contributed by atoms with Crippen LogP contribution in [-0.2, 0) is 0 Å². The van der Waals surface area contributed by atoms with E-state index in [4.69, 9.17) is 5.11 Å². The quantitative estimate of drug-likeness (QED) is 0.619. The van der Waals surface area contributed by atoms with Crippen LogP contribution in [0.15, 0.2) is 28.9 Å². The van der Waals surface area contributed by atoms with Crippen molar-refractivity contribution in [3.8, 4) is 0 Å². The first-order chi connectivity index (χ1) is 9.49. The van der Waals surface area contributed by atoms with Gasteiger partial charge in [-0.3, -0.25) is 14.9 Å². The summed E-state index contributed by atoms with van der Waals surface area (Å²) in [5.74, 6) is -3.49. The molecule has 0 aliphatic carbocycles. The van der Waals surface area contributed by atoms with Crippen LogP contribution in [0.2, 0.25) is 0 Å². The topological polar surface area (TPSA) is 148 Å². The van der Waals surface area contributed by atoms with Gasteiger partial charge in [0.2, 0.25) is 0 Å². The van der Waals surface area contributed by atoms with E-state index in [1.54, 1.807) is 0 Å². The van der Waals surface area contributed by atoms with Gasteiger partial charge in [-0.25, -0.2) is 14.8 Å². The number of nitro groups is 1. The van der Waals surface area contributed by atoms with Crippen LogP contribution in [-0.4, -0.2) is 31.9 Å². The molecule has 2 aromatic heterocycles. The minimum absolute atomic E-state index is 0.288. The number of carbonyl (C=O) groups excluding carboxylic acids is 1. The minimum atomic E-state index is -1.38. The Labute approximate surface area is 110 Å². The Balaban J connectivity index is 2.23. The maximum absolute atomic E-state index is 11.7. The minimum Gasteiger partial charge on any atom is -0.476 e. The standard InChI is InChI=1S/C10H6N4O6/c15-9(5-1-2-6(20-5)14(18)19)13-8-7(10(16)17)11-3-4-12-8/h1-4H,(H,16,17)(H,12,13,15). The third kappa shape index (κ3) is 2.58. The van der Waals surface area contributed by atoms with Gasteiger partial charge in [-0.2, -0.15) is 0 Å². The lowest BCUT2D eigenvalue weighted by Crippen LogP contribution is -2.16. The van der Waals surface area contributed by atoms with E-state index in [0.29, 0.717) is 0 Å². The summed E-state index contributed by atoms with van der Waals surface area (Å²) in [5.41, 5.74) is -0.457. The third-order valence-corrected chi connectivity index (χ3v) is 2.13. The summed E-state index contributed by atoms with van der Waals surface area (Å²) in [7, 11) is 0. The molecule has 0 spiro atoms. The average Bonchev–Trinajstić information content (AvgIpc) is 2.89. The lowest BCUT2D eigenvalue weighted by Gasteiger charge is -2.03. The van der Waals surface area contributed by atoms with Crippen molar-refractivity contribution in [2.24, 2.45) is 0 Å². The van der Waals surface area contributed by atoms with Gasteiger partial charge in [0.25, 0.3) is 5.91 Å². The molecule has 0 radical (unpaired) electrons. The number of carboxylic acids is 1. The number of hydrogen-bond acceptors (Lipinski definition) is 7. The predicted molar refractivity (Wildman–Crippen MR) is 62.3 cm³/mol. The Kier molecular flexibility index (Phi) is 3.37. The maximum atomic E-state index is 11.7. The molecule has 0 bridgehead atoms. The van der Waals surface area contributed by atoms with Gasteiger partial charge in [-0.05, 0) is 6.07 Å². The highest BCUT2D eigenvalue weighted by Gasteiger charge is 2.20. The summed E-state index contributed by atoms with van der Waals surface area (Å²) in [6, 6.07) is 2.09. The maximum Gasteiger partial charge on any atom is 0.433 e. The van der Waals surface area contributed by atoms with Crippen molar-refractivity contribution in [1.82, 2.24) is 9.97 Å². The first-order valence-electron chi connectivity index (χ1n) is 5.09. The normalized spacial score (nSPS) is 10.0. The molecule has 10 heteroatoms. The van der Waals surface area contributed by atoms with E-state index in [-0.39, 0.29) is 11.6 Å². The monoisotopic (exact) mass is 278 g/mol. The van der Waals surface area contributed by atoms with Crippen molar-refractivity contribution in [2.45, 2.75) is 0 Å². The van der Waals surface area contributed by atoms with E-state index < -0.39 is 28.4 Å². The molecule has 102 valence electrons. The summed E-state index contributed by atoms with van der Waals surface area (Å²) in [4.78, 5) is 39.4. The predicted octanol–water partition coefficient (Wildman–Crippen LogP) is 0.928. The Morgan fingerprint density at radius 1 is 1.30 bits per heavy atom. The lowest BCUT2D eigenvalue weighted by molar-refractivity contribution is -0.402. The molecule has 2 aromatic rings. The molecule has 10 nitrogen and oxygen atoms in total. The molecular formula is C10H6N4O6. The Morgan fingerprint density at radius 3 is 2.60 bits per heavy atom. The van der Waals surface area contributed by atoms with Crippen LogP contribution < -0.4 is 5.32 Å². The number of anilines is 1. The molecule has 0 aliphatic heterocycles. The fourth-order valence-electron chi connectivity index (χ4n) is 1.30. The number of furan rings is 1. The van der Waals surface area contributed by atoms with Gasteiger partial charge in [-0.15, -0.1) is 0 Å². The smallest absolute Gasteiger partial charge is 0.433 e. The van der Waals surface area contributed by atoms with Crippen molar-refractivity contribution >= 4 is 23.6 Å². The summed E-state index contributed by atoms with van der Waals surface area (Å²) in [5, 5.41) is 21.4. The van der Waals surface area contributed by atoms with Crippen molar-refractivity contribution in [1.29, 1.82) is 0 Å². The van der Waals surface area contributed by atoms with Crippen LogP contribution >= 0.6 is 0 Å². The fourth-order valence-corrected chi connectivity index (χ4v) is 1.30. The summed E-state index contributed by atoms with van der Waals surface area (Å²) >= 11 is 0. The van der Waals surface area contributed by atoms with Crippen molar-refractivity contribution in [3.63, 3.8) is 0 Å². The Bertz CT molecular complexity index is 695. The van der Waals surface area contributed by atoms with Gasteiger partial charge in [0.1, 0.15) is 4.92 Å². The fraction of sp³-hybridized carbons (Fsp3) is 0. The molecule has 2 heterocycles. The molecule has 0 saturated carbocycles. The highest BCUT2D eigenvalue weighted by molar-refractivity contribution is 6.04. The number of carboxylic acid groups (broad SMARTS) is 1. The van der Waals surface area contributed by atoms with E-state index >= 15 is 0 Å². The van der Waals surface area contributed by atoms with Crippen LogP contribution in [0, 0.1) is 10.1 Å². The van der Waals surface area contributed by atoms with Gasteiger partial charge >= 0.3 is 11.9 Å². The van der Waals surface area contributed by atoms with E-state index in [9.17, 15) is 19.7 Å². The molecule has 0 aliphatic rings. The number of amides is 1. The molecule has 0 fully saturated rings. The second-order valence-corrected chi connectivity index (χ2v) is 3.41. The zero-order valence-corrected chi connectivity index (χ0v) is 9.64. The Morgan fingerprint density at radius 2 is 2.00 bits per heavy atom. The molecular weight excluding hydrogens is 272 g/mol. The SMILES string of the molecule is O=C(Nc1nccnc1C(=O)O)c1ccc([N+](=O)[O-])o1. The van der Waals surface area contributed by atoms with E-state index in [2.05, 4.69) is 19.7 Å². The molecule has 20 heavy (non-hydrogen) atoms. The van der Waals surface area contributed by atoms with Crippen LogP contribution in [0.3, 0.4) is 0 Å². The van der Waals surface area contributed by atoms with Gasteiger partial charge in [-0.1, -0.05) is 0 Å². The number of aromatic nitrogens is 2. The molecule has 0 saturated heterocycles. The molecule has 0 unspecified atom stereocenters. The molecule has 1 amide bonds. The van der Waals surface area contributed by atoms with Gasteiger partial charge < -0.3 is 14.8 Å². The number of hydrogen-bond donors (Lipinski definition) is 2. The summed E-state index contributed by atoms with van der Waals surface area (Å²) < 4.78 is 4.67. The second kappa shape index (κ2) is 5.14. The highest BCUT2D eigenvalue weighted by atomic mass is 16.6. The largest absolute Gasteiger partial charge is 0.476 e.